The van der Waals surface area contributed by atoms with Crippen molar-refractivity contribution in [1.29, 1.82) is 0 Å². The molecule has 27 heavy (non-hydrogen) atoms. The van der Waals surface area contributed by atoms with E-state index in [1.165, 1.54) is 6.26 Å². The van der Waals surface area contributed by atoms with Crippen LogP contribution >= 0.6 is 0 Å². The van der Waals surface area contributed by atoms with Gasteiger partial charge in [0.15, 0.2) is 5.76 Å². The van der Waals surface area contributed by atoms with E-state index in [2.05, 4.69) is 5.32 Å². The topological polar surface area (TPSA) is 71.8 Å². The fourth-order valence-corrected chi connectivity index (χ4v) is 3.82. The maximum atomic E-state index is 12.8. The summed E-state index contributed by atoms with van der Waals surface area (Å²) in [6.07, 6.45) is 4.46. The third-order valence-corrected chi connectivity index (χ3v) is 5.39. The number of fused-ring (bicyclic) bond motifs is 1. The van der Waals surface area contributed by atoms with Crippen LogP contribution in [0.15, 0.2) is 47.1 Å². The van der Waals surface area contributed by atoms with Crippen molar-refractivity contribution < 1.29 is 18.7 Å². The van der Waals surface area contributed by atoms with E-state index in [0.717, 1.165) is 30.6 Å². The van der Waals surface area contributed by atoms with Crippen molar-refractivity contribution in [3.63, 3.8) is 0 Å². The van der Waals surface area contributed by atoms with Crippen molar-refractivity contribution in [2.24, 2.45) is 5.92 Å². The summed E-state index contributed by atoms with van der Waals surface area (Å²) in [6.45, 7) is 1.81. The highest BCUT2D eigenvalue weighted by molar-refractivity contribution is 5.91. The molecule has 1 aromatic heterocycles. The minimum Gasteiger partial charge on any atom is -0.493 e. The van der Waals surface area contributed by atoms with Crippen LogP contribution in [0.3, 0.4) is 0 Å². The molecular weight excluding hydrogens is 344 g/mol. The minimum absolute atomic E-state index is 0.0727. The predicted molar refractivity (Wildman–Crippen MR) is 99.5 cm³/mol. The summed E-state index contributed by atoms with van der Waals surface area (Å²) < 4.78 is 10.9. The van der Waals surface area contributed by atoms with Gasteiger partial charge in [0.1, 0.15) is 5.75 Å². The average molecular weight is 368 g/mol. The molecular formula is C21H24N2O4. The molecule has 1 aromatic carbocycles. The number of hydrogen-bond acceptors (Lipinski definition) is 4. The summed E-state index contributed by atoms with van der Waals surface area (Å²) in [5.41, 5.74) is 1.09. The van der Waals surface area contributed by atoms with Gasteiger partial charge in [0, 0.05) is 25.0 Å². The molecule has 1 N–H and O–H groups in total. The van der Waals surface area contributed by atoms with Gasteiger partial charge in [-0.05, 0) is 49.4 Å². The first kappa shape index (κ1) is 17.6. The largest absolute Gasteiger partial charge is 0.493 e. The van der Waals surface area contributed by atoms with Gasteiger partial charge < -0.3 is 19.4 Å². The Morgan fingerprint density at radius 1 is 1.04 bits per heavy atom. The summed E-state index contributed by atoms with van der Waals surface area (Å²) in [5, 5.41) is 3.19. The number of ether oxygens (including phenoxy) is 1. The molecule has 2 aliphatic heterocycles. The van der Waals surface area contributed by atoms with Crippen molar-refractivity contribution >= 4 is 11.8 Å². The van der Waals surface area contributed by atoms with Crippen LogP contribution in [0.5, 0.6) is 5.75 Å². The van der Waals surface area contributed by atoms with Crippen LogP contribution in [-0.2, 0) is 11.2 Å². The maximum absolute atomic E-state index is 12.8. The molecule has 2 aliphatic rings. The van der Waals surface area contributed by atoms with Crippen LogP contribution in [0.25, 0.3) is 0 Å². The molecule has 1 saturated heterocycles. The highest BCUT2D eigenvalue weighted by Gasteiger charge is 2.29. The number of carbonyl (C=O) groups excluding carboxylic acids is 2. The fraction of sp³-hybridized carbons (Fsp3) is 0.429. The molecule has 1 atom stereocenters. The lowest BCUT2D eigenvalue weighted by atomic mass is 9.95. The van der Waals surface area contributed by atoms with Crippen molar-refractivity contribution in [2.45, 2.75) is 31.7 Å². The smallest absolute Gasteiger partial charge is 0.289 e. The zero-order valence-electron chi connectivity index (χ0n) is 15.2. The van der Waals surface area contributed by atoms with Gasteiger partial charge in [-0.2, -0.15) is 0 Å². The van der Waals surface area contributed by atoms with Crippen LogP contribution in [0.2, 0.25) is 0 Å². The lowest BCUT2D eigenvalue weighted by molar-refractivity contribution is -0.126. The van der Waals surface area contributed by atoms with Gasteiger partial charge in [0.2, 0.25) is 5.91 Å². The summed E-state index contributed by atoms with van der Waals surface area (Å²) in [6, 6.07) is 11.4. The zero-order valence-corrected chi connectivity index (χ0v) is 15.2. The highest BCUT2D eigenvalue weighted by atomic mass is 16.5. The van der Waals surface area contributed by atoms with Gasteiger partial charge >= 0.3 is 0 Å². The van der Waals surface area contributed by atoms with E-state index in [4.69, 9.17) is 9.15 Å². The molecule has 0 aliphatic carbocycles. The molecule has 0 radical (unpaired) electrons. The number of hydrogen-bond donors (Lipinski definition) is 1. The molecule has 2 amide bonds. The van der Waals surface area contributed by atoms with Crippen LogP contribution in [0, 0.1) is 5.92 Å². The maximum Gasteiger partial charge on any atom is 0.289 e. The molecule has 6 heteroatoms. The summed E-state index contributed by atoms with van der Waals surface area (Å²) in [5.74, 6) is 1.19. The second kappa shape index (κ2) is 7.86. The second-order valence-corrected chi connectivity index (χ2v) is 7.20. The molecule has 1 fully saturated rings. The van der Waals surface area contributed by atoms with E-state index < -0.39 is 0 Å². The Kier molecular flexibility index (Phi) is 5.14. The fourth-order valence-electron chi connectivity index (χ4n) is 3.82. The Morgan fingerprint density at radius 2 is 1.85 bits per heavy atom. The van der Waals surface area contributed by atoms with E-state index in [1.807, 2.05) is 24.3 Å². The van der Waals surface area contributed by atoms with E-state index >= 15 is 0 Å². The number of likely N-dealkylation sites (tertiary alicyclic amines) is 1. The molecule has 0 spiro atoms. The van der Waals surface area contributed by atoms with Gasteiger partial charge in [-0.3, -0.25) is 9.59 Å². The lowest BCUT2D eigenvalue weighted by Crippen LogP contribution is -2.48. The predicted octanol–water partition coefficient (Wildman–Crippen LogP) is 2.64. The Hall–Kier alpha value is -2.76. The average Bonchev–Trinajstić information content (AvgIpc) is 3.14. The molecule has 3 heterocycles. The van der Waals surface area contributed by atoms with Crippen LogP contribution in [-0.4, -0.2) is 42.5 Å². The van der Waals surface area contributed by atoms with E-state index in [0.29, 0.717) is 31.9 Å². The zero-order chi connectivity index (χ0) is 18.6. The minimum atomic E-state index is -0.0812. The molecule has 0 unspecified atom stereocenters. The van der Waals surface area contributed by atoms with E-state index in [-0.39, 0.29) is 23.8 Å². The molecule has 2 aromatic rings. The summed E-state index contributed by atoms with van der Waals surface area (Å²) >= 11 is 0. The van der Waals surface area contributed by atoms with E-state index in [1.54, 1.807) is 17.0 Å². The first-order chi connectivity index (χ1) is 13.2. The number of piperidine rings is 1. The highest BCUT2D eigenvalue weighted by Crippen LogP contribution is 2.27. The summed E-state index contributed by atoms with van der Waals surface area (Å²) in [7, 11) is 0. The SMILES string of the molecule is O=C(NC1CCN(C(=O)c2ccco2)CC1)[C@@H]1CCOc2ccccc2C1. The monoisotopic (exact) mass is 368 g/mol. The molecule has 0 saturated carbocycles. The molecule has 0 bridgehead atoms. The summed E-state index contributed by atoms with van der Waals surface area (Å²) in [4.78, 5) is 26.9. The van der Waals surface area contributed by atoms with Crippen molar-refractivity contribution in [2.75, 3.05) is 19.7 Å². The number of nitrogens with zero attached hydrogens (tertiary/aromatic N) is 1. The molecule has 6 nitrogen and oxygen atoms in total. The number of amides is 2. The normalized spacial score (nSPS) is 20.3. The van der Waals surface area contributed by atoms with Crippen molar-refractivity contribution in [3.05, 3.63) is 54.0 Å². The number of para-hydroxylation sites is 1. The van der Waals surface area contributed by atoms with Gasteiger partial charge in [-0.1, -0.05) is 18.2 Å². The number of carbonyl (C=O) groups is 2. The first-order valence-electron chi connectivity index (χ1n) is 9.54. The quantitative estimate of drug-likeness (QED) is 0.904. The van der Waals surface area contributed by atoms with Crippen LogP contribution in [0.4, 0.5) is 0 Å². The van der Waals surface area contributed by atoms with Crippen molar-refractivity contribution in [1.82, 2.24) is 10.2 Å². The van der Waals surface area contributed by atoms with Crippen LogP contribution < -0.4 is 10.1 Å². The first-order valence-corrected chi connectivity index (χ1v) is 9.54. The third-order valence-electron chi connectivity index (χ3n) is 5.39. The third kappa shape index (κ3) is 3.99. The Balaban J connectivity index is 1.30. The Labute approximate surface area is 158 Å². The second-order valence-electron chi connectivity index (χ2n) is 7.20. The van der Waals surface area contributed by atoms with Gasteiger partial charge in [0.05, 0.1) is 12.9 Å². The van der Waals surface area contributed by atoms with Crippen LogP contribution in [0.1, 0.15) is 35.4 Å². The van der Waals surface area contributed by atoms with Gasteiger partial charge in [-0.25, -0.2) is 0 Å². The molecule has 4 rings (SSSR count). The van der Waals surface area contributed by atoms with Gasteiger partial charge in [-0.15, -0.1) is 0 Å². The standard InChI is InChI=1S/C21H24N2O4/c24-20(16-9-13-27-18-5-2-1-4-15(18)14-16)22-17-7-10-23(11-8-17)21(25)19-6-3-12-26-19/h1-6,12,16-17H,7-11,13-14H2,(H,22,24)/t16-/m1/s1. The number of nitrogens with one attached hydrogen (secondary N) is 1. The van der Waals surface area contributed by atoms with Gasteiger partial charge in [0.25, 0.3) is 5.91 Å². The van der Waals surface area contributed by atoms with Crippen molar-refractivity contribution in [3.8, 4) is 5.75 Å². The number of rotatable bonds is 3. The number of benzene rings is 1. The Morgan fingerprint density at radius 3 is 2.63 bits per heavy atom. The number of furan rings is 1. The Bertz CT molecular complexity index is 794. The van der Waals surface area contributed by atoms with E-state index in [9.17, 15) is 9.59 Å². The lowest BCUT2D eigenvalue weighted by Gasteiger charge is -2.32. The molecule has 142 valence electrons.